The lowest BCUT2D eigenvalue weighted by Crippen LogP contribution is -2.41. The first kappa shape index (κ1) is 14.9. The van der Waals surface area contributed by atoms with Crippen molar-refractivity contribution in [1.82, 2.24) is 0 Å². The smallest absolute Gasteiger partial charge is 0.0573 e. The van der Waals surface area contributed by atoms with Crippen LogP contribution in [0.4, 0.5) is 0 Å². The quantitative estimate of drug-likeness (QED) is 0.738. The summed E-state index contributed by atoms with van der Waals surface area (Å²) >= 11 is 0. The largest absolute Gasteiger partial charge is 0.393 e. The van der Waals surface area contributed by atoms with E-state index in [0.717, 1.165) is 12.8 Å². The summed E-state index contributed by atoms with van der Waals surface area (Å²) in [6, 6.07) is 0. The maximum atomic E-state index is 10.3. The van der Waals surface area contributed by atoms with Crippen LogP contribution in [0.1, 0.15) is 66.2 Å². The van der Waals surface area contributed by atoms with Crippen LogP contribution in [0.25, 0.3) is 0 Å². The lowest BCUT2D eigenvalue weighted by Gasteiger charge is -2.44. The molecule has 2 unspecified atom stereocenters. The van der Waals surface area contributed by atoms with Crippen molar-refractivity contribution in [3.8, 4) is 11.8 Å². The molecule has 0 aromatic rings. The maximum Gasteiger partial charge on any atom is 0.0573 e. The molecule has 19 heavy (non-hydrogen) atoms. The van der Waals surface area contributed by atoms with E-state index in [1.54, 1.807) is 0 Å². The van der Waals surface area contributed by atoms with Crippen LogP contribution in [-0.4, -0.2) is 11.2 Å². The van der Waals surface area contributed by atoms with Gasteiger partial charge >= 0.3 is 0 Å². The molecule has 2 saturated carbocycles. The number of fused-ring (bicyclic) bond motifs is 1. The van der Waals surface area contributed by atoms with Crippen LogP contribution >= 0.6 is 0 Å². The van der Waals surface area contributed by atoms with Crippen molar-refractivity contribution in [3.63, 3.8) is 0 Å². The van der Waals surface area contributed by atoms with Crippen molar-refractivity contribution in [3.05, 3.63) is 0 Å². The summed E-state index contributed by atoms with van der Waals surface area (Å²) < 4.78 is 0. The van der Waals surface area contributed by atoms with Crippen LogP contribution in [0.2, 0.25) is 0 Å². The second-order valence-electron chi connectivity index (χ2n) is 7.46. The summed E-state index contributed by atoms with van der Waals surface area (Å²) in [5.41, 5.74) is 0.337. The summed E-state index contributed by atoms with van der Waals surface area (Å²) in [6.45, 7) is 9.17. The first-order valence-electron chi connectivity index (χ1n) is 8.11. The third kappa shape index (κ3) is 3.00. The Morgan fingerprint density at radius 3 is 2.63 bits per heavy atom. The van der Waals surface area contributed by atoms with Crippen molar-refractivity contribution in [2.75, 3.05) is 0 Å². The Morgan fingerprint density at radius 1 is 1.21 bits per heavy atom. The Labute approximate surface area is 119 Å². The molecule has 2 aliphatic carbocycles. The van der Waals surface area contributed by atoms with Crippen molar-refractivity contribution in [1.29, 1.82) is 0 Å². The first-order valence-corrected chi connectivity index (χ1v) is 8.11. The summed E-state index contributed by atoms with van der Waals surface area (Å²) in [7, 11) is 0. The Bertz CT molecular complexity index is 362. The van der Waals surface area contributed by atoms with Crippen LogP contribution in [0.5, 0.6) is 0 Å². The van der Waals surface area contributed by atoms with Gasteiger partial charge in [0.15, 0.2) is 0 Å². The average Bonchev–Trinajstić information content (AvgIpc) is 2.67. The van der Waals surface area contributed by atoms with E-state index in [9.17, 15) is 5.11 Å². The highest BCUT2D eigenvalue weighted by atomic mass is 16.3. The summed E-state index contributed by atoms with van der Waals surface area (Å²) in [5.74, 6) is 9.24. The van der Waals surface area contributed by atoms with E-state index in [4.69, 9.17) is 0 Å². The van der Waals surface area contributed by atoms with Crippen molar-refractivity contribution in [2.24, 2.45) is 29.1 Å². The van der Waals surface area contributed by atoms with Gasteiger partial charge in [-0.25, -0.2) is 0 Å². The molecule has 0 aromatic carbocycles. The molecule has 0 spiro atoms. The van der Waals surface area contributed by atoms with Crippen molar-refractivity contribution < 1.29 is 5.11 Å². The zero-order chi connectivity index (χ0) is 14.0. The fraction of sp³-hybridized carbons (Fsp3) is 0.889. The number of rotatable bonds is 2. The van der Waals surface area contributed by atoms with Gasteiger partial charge in [-0.05, 0) is 48.9 Å². The molecule has 0 bridgehead atoms. The third-order valence-electron chi connectivity index (χ3n) is 5.61. The van der Waals surface area contributed by atoms with Gasteiger partial charge in [-0.15, -0.1) is 5.92 Å². The molecule has 0 heterocycles. The van der Waals surface area contributed by atoms with Crippen LogP contribution in [0.3, 0.4) is 0 Å². The third-order valence-corrected chi connectivity index (χ3v) is 5.61. The van der Waals surface area contributed by atoms with Crippen LogP contribution in [0.15, 0.2) is 0 Å². The van der Waals surface area contributed by atoms with Gasteiger partial charge in [0.1, 0.15) is 0 Å². The van der Waals surface area contributed by atoms with Crippen LogP contribution in [0, 0.1) is 40.9 Å². The van der Waals surface area contributed by atoms with Crippen molar-refractivity contribution in [2.45, 2.75) is 72.3 Å². The molecule has 1 nitrogen and oxygen atoms in total. The topological polar surface area (TPSA) is 20.2 Å². The lowest BCUT2D eigenvalue weighted by atomic mass is 9.62. The minimum atomic E-state index is -0.0560. The molecule has 0 amide bonds. The summed E-state index contributed by atoms with van der Waals surface area (Å²) in [4.78, 5) is 0. The van der Waals surface area contributed by atoms with Gasteiger partial charge in [-0.2, -0.15) is 0 Å². The number of aliphatic hydroxyl groups is 1. The Hall–Kier alpha value is -0.480. The Kier molecular flexibility index (Phi) is 4.62. The molecular weight excluding hydrogens is 232 g/mol. The van der Waals surface area contributed by atoms with E-state index in [0.29, 0.717) is 29.1 Å². The SMILES string of the molecule is CC(C)CC#C[C@@H](C)[C@H]1CCC2C(O)CCC[C@@]21C. The van der Waals surface area contributed by atoms with Gasteiger partial charge in [0, 0.05) is 12.3 Å². The van der Waals surface area contributed by atoms with Gasteiger partial charge < -0.3 is 5.11 Å². The monoisotopic (exact) mass is 262 g/mol. The fourth-order valence-electron chi connectivity index (χ4n) is 4.54. The predicted molar refractivity (Wildman–Crippen MR) is 80.6 cm³/mol. The van der Waals surface area contributed by atoms with E-state index in [-0.39, 0.29) is 6.10 Å². The number of aliphatic hydroxyl groups excluding tert-OH is 1. The highest BCUT2D eigenvalue weighted by molar-refractivity contribution is 5.10. The molecule has 0 aliphatic heterocycles. The highest BCUT2D eigenvalue weighted by Crippen LogP contribution is 2.57. The lowest BCUT2D eigenvalue weighted by molar-refractivity contribution is -0.0224. The van der Waals surface area contributed by atoms with E-state index < -0.39 is 0 Å². The van der Waals surface area contributed by atoms with Gasteiger partial charge in [0.05, 0.1) is 6.10 Å². The highest BCUT2D eigenvalue weighted by Gasteiger charge is 2.51. The molecule has 108 valence electrons. The first-order chi connectivity index (χ1) is 8.95. The average molecular weight is 262 g/mol. The minimum absolute atomic E-state index is 0.0560. The predicted octanol–water partition coefficient (Wildman–Crippen LogP) is 4.25. The maximum absolute atomic E-state index is 10.3. The van der Waals surface area contributed by atoms with E-state index in [2.05, 4.69) is 39.5 Å². The molecule has 0 saturated heterocycles. The fourth-order valence-corrected chi connectivity index (χ4v) is 4.54. The van der Waals surface area contributed by atoms with E-state index in [1.165, 1.54) is 25.7 Å². The van der Waals surface area contributed by atoms with Gasteiger partial charge in [0.25, 0.3) is 0 Å². The molecule has 1 N–H and O–H groups in total. The normalized spacial score (nSPS) is 39.6. The molecule has 2 aliphatic rings. The van der Waals surface area contributed by atoms with Gasteiger partial charge in [-0.1, -0.05) is 40.0 Å². The van der Waals surface area contributed by atoms with Crippen LogP contribution in [-0.2, 0) is 0 Å². The second kappa shape index (κ2) is 5.88. The Morgan fingerprint density at radius 2 is 1.95 bits per heavy atom. The van der Waals surface area contributed by atoms with Gasteiger partial charge in [0.2, 0.25) is 0 Å². The van der Waals surface area contributed by atoms with Gasteiger partial charge in [-0.3, -0.25) is 0 Å². The molecular formula is C18H30O. The zero-order valence-corrected chi connectivity index (χ0v) is 13.1. The molecule has 5 atom stereocenters. The summed E-state index contributed by atoms with van der Waals surface area (Å²) in [6.07, 6.45) is 6.92. The van der Waals surface area contributed by atoms with E-state index in [1.807, 2.05) is 0 Å². The van der Waals surface area contributed by atoms with Crippen LogP contribution < -0.4 is 0 Å². The number of hydrogen-bond acceptors (Lipinski definition) is 1. The molecule has 0 aromatic heterocycles. The number of hydrogen-bond donors (Lipinski definition) is 1. The molecule has 1 heteroatoms. The second-order valence-corrected chi connectivity index (χ2v) is 7.46. The molecule has 2 rings (SSSR count). The molecule has 2 fully saturated rings. The zero-order valence-electron chi connectivity index (χ0n) is 13.1. The minimum Gasteiger partial charge on any atom is -0.393 e. The Balaban J connectivity index is 2.06. The standard InChI is InChI=1S/C18H30O/c1-13(2)7-5-8-14(3)15-10-11-16-17(19)9-6-12-18(15,16)4/h13-17,19H,6-7,9-12H2,1-4H3/t14-,15-,16?,17?,18-/m1/s1. The molecule has 0 radical (unpaired) electrons. The summed E-state index contributed by atoms with van der Waals surface area (Å²) in [5, 5.41) is 10.3. The van der Waals surface area contributed by atoms with Crippen molar-refractivity contribution >= 4 is 0 Å². The van der Waals surface area contributed by atoms with E-state index >= 15 is 0 Å².